The van der Waals surface area contributed by atoms with Crippen molar-refractivity contribution >= 4 is 23.2 Å². The Labute approximate surface area is 151 Å². The summed E-state index contributed by atoms with van der Waals surface area (Å²) in [5, 5.41) is 2.84. The molecule has 0 spiro atoms. The van der Waals surface area contributed by atoms with Gasteiger partial charge in [0.2, 0.25) is 5.91 Å². The SMILES string of the molecule is O=C1CCc2cc(C(=O)N3CCN(c4ccc(F)cc4)CC3)ccc2N1. The number of hydrogen-bond donors (Lipinski definition) is 1. The summed E-state index contributed by atoms with van der Waals surface area (Å²) < 4.78 is 13.1. The Hall–Kier alpha value is -2.89. The summed E-state index contributed by atoms with van der Waals surface area (Å²) in [5.74, 6) is -0.205. The number of rotatable bonds is 2. The minimum absolute atomic E-state index is 0.0171. The van der Waals surface area contributed by atoms with Crippen molar-refractivity contribution in [1.82, 2.24) is 4.90 Å². The lowest BCUT2D eigenvalue weighted by Gasteiger charge is -2.36. The van der Waals surface area contributed by atoms with Crippen molar-refractivity contribution < 1.29 is 14.0 Å². The number of anilines is 2. The van der Waals surface area contributed by atoms with Gasteiger partial charge in [-0.3, -0.25) is 9.59 Å². The third-order valence-corrected chi connectivity index (χ3v) is 5.01. The molecule has 0 atom stereocenters. The van der Waals surface area contributed by atoms with Gasteiger partial charge in [0, 0.05) is 49.5 Å². The average molecular weight is 353 g/mol. The quantitative estimate of drug-likeness (QED) is 0.903. The van der Waals surface area contributed by atoms with Gasteiger partial charge in [0.05, 0.1) is 0 Å². The molecule has 0 bridgehead atoms. The number of piperazine rings is 1. The molecule has 0 unspecified atom stereocenters. The van der Waals surface area contributed by atoms with Crippen molar-refractivity contribution in [2.75, 3.05) is 36.4 Å². The van der Waals surface area contributed by atoms with E-state index >= 15 is 0 Å². The molecule has 5 nitrogen and oxygen atoms in total. The van der Waals surface area contributed by atoms with Crippen molar-refractivity contribution in [3.63, 3.8) is 0 Å². The number of fused-ring (bicyclic) bond motifs is 1. The van der Waals surface area contributed by atoms with Gasteiger partial charge in [0.1, 0.15) is 5.82 Å². The van der Waals surface area contributed by atoms with Gasteiger partial charge in [-0.05, 0) is 54.4 Å². The molecular weight excluding hydrogens is 333 g/mol. The Morgan fingerprint density at radius 1 is 0.962 bits per heavy atom. The summed E-state index contributed by atoms with van der Waals surface area (Å²) in [6, 6.07) is 11.9. The molecule has 0 aromatic heterocycles. The minimum atomic E-state index is -0.244. The fourth-order valence-corrected chi connectivity index (χ4v) is 3.52. The highest BCUT2D eigenvalue weighted by Gasteiger charge is 2.24. The summed E-state index contributed by atoms with van der Waals surface area (Å²) in [5.41, 5.74) is 3.46. The number of carbonyl (C=O) groups excluding carboxylic acids is 2. The topological polar surface area (TPSA) is 52.7 Å². The molecule has 2 aromatic carbocycles. The molecule has 26 heavy (non-hydrogen) atoms. The van der Waals surface area contributed by atoms with Gasteiger partial charge in [-0.1, -0.05) is 0 Å². The highest BCUT2D eigenvalue weighted by molar-refractivity contribution is 5.98. The van der Waals surface area contributed by atoms with Gasteiger partial charge >= 0.3 is 0 Å². The highest BCUT2D eigenvalue weighted by atomic mass is 19.1. The van der Waals surface area contributed by atoms with E-state index in [4.69, 9.17) is 0 Å². The molecule has 2 aliphatic rings. The van der Waals surface area contributed by atoms with E-state index < -0.39 is 0 Å². The number of amides is 2. The molecule has 6 heteroatoms. The van der Waals surface area contributed by atoms with Crippen LogP contribution in [-0.2, 0) is 11.2 Å². The van der Waals surface area contributed by atoms with E-state index in [0.717, 1.165) is 30.0 Å². The Morgan fingerprint density at radius 3 is 2.42 bits per heavy atom. The highest BCUT2D eigenvalue weighted by Crippen LogP contribution is 2.25. The average Bonchev–Trinajstić information content (AvgIpc) is 2.68. The van der Waals surface area contributed by atoms with Crippen molar-refractivity contribution in [3.05, 3.63) is 59.4 Å². The molecule has 0 radical (unpaired) electrons. The van der Waals surface area contributed by atoms with Gasteiger partial charge < -0.3 is 15.1 Å². The number of benzene rings is 2. The van der Waals surface area contributed by atoms with Crippen molar-refractivity contribution in [2.24, 2.45) is 0 Å². The zero-order chi connectivity index (χ0) is 18.1. The fraction of sp³-hybridized carbons (Fsp3) is 0.300. The summed E-state index contributed by atoms with van der Waals surface area (Å²) in [7, 11) is 0. The molecule has 134 valence electrons. The van der Waals surface area contributed by atoms with Crippen LogP contribution in [0.15, 0.2) is 42.5 Å². The van der Waals surface area contributed by atoms with Gasteiger partial charge in [0.25, 0.3) is 5.91 Å². The lowest BCUT2D eigenvalue weighted by molar-refractivity contribution is -0.116. The largest absolute Gasteiger partial charge is 0.368 e. The fourth-order valence-electron chi connectivity index (χ4n) is 3.52. The number of hydrogen-bond acceptors (Lipinski definition) is 3. The van der Waals surface area contributed by atoms with E-state index in [-0.39, 0.29) is 17.6 Å². The van der Waals surface area contributed by atoms with Crippen molar-refractivity contribution in [1.29, 1.82) is 0 Å². The van der Waals surface area contributed by atoms with Crippen LogP contribution < -0.4 is 10.2 Å². The maximum atomic E-state index is 13.1. The number of nitrogens with one attached hydrogen (secondary N) is 1. The third-order valence-electron chi connectivity index (χ3n) is 5.01. The summed E-state index contributed by atoms with van der Waals surface area (Å²) in [4.78, 5) is 28.3. The molecular formula is C20H20FN3O2. The summed E-state index contributed by atoms with van der Waals surface area (Å²) in [6.45, 7) is 2.70. The van der Waals surface area contributed by atoms with E-state index in [0.29, 0.717) is 31.5 Å². The van der Waals surface area contributed by atoms with Gasteiger partial charge in [-0.15, -0.1) is 0 Å². The van der Waals surface area contributed by atoms with E-state index in [1.54, 1.807) is 18.2 Å². The smallest absolute Gasteiger partial charge is 0.253 e. The molecule has 2 heterocycles. The summed E-state index contributed by atoms with van der Waals surface area (Å²) >= 11 is 0. The third kappa shape index (κ3) is 3.27. The molecule has 2 aromatic rings. The Balaban J connectivity index is 1.42. The zero-order valence-corrected chi connectivity index (χ0v) is 14.4. The van der Waals surface area contributed by atoms with E-state index in [1.165, 1.54) is 12.1 Å². The molecule has 0 saturated carbocycles. The van der Waals surface area contributed by atoms with Crippen LogP contribution in [0.2, 0.25) is 0 Å². The molecule has 1 saturated heterocycles. The number of halogens is 1. The molecule has 2 amide bonds. The predicted octanol–water partition coefficient (Wildman–Crippen LogP) is 2.67. The van der Waals surface area contributed by atoms with Crippen LogP contribution >= 0.6 is 0 Å². The summed E-state index contributed by atoms with van der Waals surface area (Å²) in [6.07, 6.45) is 1.13. The second-order valence-electron chi connectivity index (χ2n) is 6.68. The molecule has 0 aliphatic carbocycles. The van der Waals surface area contributed by atoms with Gasteiger partial charge in [0.15, 0.2) is 0 Å². The predicted molar refractivity (Wildman–Crippen MR) is 97.9 cm³/mol. The normalized spacial score (nSPS) is 16.9. The van der Waals surface area contributed by atoms with E-state index in [9.17, 15) is 14.0 Å². The van der Waals surface area contributed by atoms with Crippen LogP contribution in [0.5, 0.6) is 0 Å². The number of carbonyl (C=O) groups is 2. The second kappa shape index (κ2) is 6.78. The van der Waals surface area contributed by atoms with Crippen LogP contribution in [0.4, 0.5) is 15.8 Å². The minimum Gasteiger partial charge on any atom is -0.368 e. The first-order valence-electron chi connectivity index (χ1n) is 8.83. The van der Waals surface area contributed by atoms with Crippen molar-refractivity contribution in [3.8, 4) is 0 Å². The molecule has 4 rings (SSSR count). The first-order chi connectivity index (χ1) is 12.6. The maximum absolute atomic E-state index is 13.1. The first kappa shape index (κ1) is 16.6. The van der Waals surface area contributed by atoms with Crippen LogP contribution in [0, 0.1) is 5.82 Å². The lowest BCUT2D eigenvalue weighted by atomic mass is 10.00. The van der Waals surface area contributed by atoms with Crippen LogP contribution in [0.3, 0.4) is 0 Å². The second-order valence-corrected chi connectivity index (χ2v) is 6.68. The van der Waals surface area contributed by atoms with Gasteiger partial charge in [-0.25, -0.2) is 4.39 Å². The van der Waals surface area contributed by atoms with Crippen LogP contribution in [0.1, 0.15) is 22.3 Å². The van der Waals surface area contributed by atoms with E-state index in [1.807, 2.05) is 17.0 Å². The zero-order valence-electron chi connectivity index (χ0n) is 14.4. The number of nitrogens with zero attached hydrogens (tertiary/aromatic N) is 2. The first-order valence-corrected chi connectivity index (χ1v) is 8.83. The monoisotopic (exact) mass is 353 g/mol. The molecule has 1 fully saturated rings. The standard InChI is InChI=1S/C20H20FN3O2/c21-16-3-5-17(6-4-16)23-9-11-24(12-10-23)20(26)15-1-7-18-14(13-15)2-8-19(25)22-18/h1,3-7,13H,2,8-12H2,(H,22,25). The van der Waals surface area contributed by atoms with Gasteiger partial charge in [-0.2, -0.15) is 0 Å². The molecule has 1 N–H and O–H groups in total. The number of aryl methyl sites for hydroxylation is 1. The Morgan fingerprint density at radius 2 is 1.69 bits per heavy atom. The lowest BCUT2D eigenvalue weighted by Crippen LogP contribution is -2.48. The Kier molecular flexibility index (Phi) is 4.32. The van der Waals surface area contributed by atoms with E-state index in [2.05, 4.69) is 10.2 Å². The van der Waals surface area contributed by atoms with Crippen molar-refractivity contribution in [2.45, 2.75) is 12.8 Å². The van der Waals surface area contributed by atoms with Crippen LogP contribution in [0.25, 0.3) is 0 Å². The maximum Gasteiger partial charge on any atom is 0.253 e. The molecule has 2 aliphatic heterocycles. The Bertz CT molecular complexity index is 843. The van der Waals surface area contributed by atoms with Crippen LogP contribution in [-0.4, -0.2) is 42.9 Å².